The SMILES string of the molecule is CN1CCCC(O)(c2ccccc2O)C1. The van der Waals surface area contributed by atoms with E-state index >= 15 is 0 Å². The lowest BCUT2D eigenvalue weighted by molar-refractivity contribution is -0.0292. The van der Waals surface area contributed by atoms with Crippen molar-refractivity contribution in [2.45, 2.75) is 18.4 Å². The molecule has 0 radical (unpaired) electrons. The first-order valence-corrected chi connectivity index (χ1v) is 5.31. The maximum absolute atomic E-state index is 10.5. The smallest absolute Gasteiger partial charge is 0.121 e. The predicted octanol–water partition coefficient (Wildman–Crippen LogP) is 1.31. The minimum Gasteiger partial charge on any atom is -0.508 e. The molecule has 1 unspecified atom stereocenters. The number of phenolic OH excluding ortho intramolecular Hbond substituents is 1. The maximum atomic E-state index is 10.5. The van der Waals surface area contributed by atoms with Crippen molar-refractivity contribution in [1.29, 1.82) is 0 Å². The maximum Gasteiger partial charge on any atom is 0.121 e. The van der Waals surface area contributed by atoms with E-state index in [4.69, 9.17) is 0 Å². The van der Waals surface area contributed by atoms with Crippen molar-refractivity contribution in [1.82, 2.24) is 4.90 Å². The third kappa shape index (κ3) is 1.98. The van der Waals surface area contributed by atoms with Crippen LogP contribution in [0.2, 0.25) is 0 Å². The second kappa shape index (κ2) is 3.83. The van der Waals surface area contributed by atoms with Gasteiger partial charge in [-0.1, -0.05) is 18.2 Å². The Hall–Kier alpha value is -1.06. The Labute approximate surface area is 90.0 Å². The van der Waals surface area contributed by atoms with E-state index in [0.717, 1.165) is 19.4 Å². The van der Waals surface area contributed by atoms with Crippen LogP contribution in [0.1, 0.15) is 18.4 Å². The summed E-state index contributed by atoms with van der Waals surface area (Å²) in [5.41, 5.74) is -0.241. The van der Waals surface area contributed by atoms with Crippen LogP contribution in [0.5, 0.6) is 5.75 Å². The van der Waals surface area contributed by atoms with Crippen LogP contribution in [0.15, 0.2) is 24.3 Å². The number of benzene rings is 1. The Balaban J connectivity index is 2.32. The fourth-order valence-corrected chi connectivity index (χ4v) is 2.33. The molecule has 1 atom stereocenters. The monoisotopic (exact) mass is 207 g/mol. The molecule has 0 aromatic heterocycles. The van der Waals surface area contributed by atoms with E-state index in [-0.39, 0.29) is 5.75 Å². The highest BCUT2D eigenvalue weighted by atomic mass is 16.3. The van der Waals surface area contributed by atoms with E-state index in [1.54, 1.807) is 18.2 Å². The van der Waals surface area contributed by atoms with Gasteiger partial charge in [-0.3, -0.25) is 0 Å². The van der Waals surface area contributed by atoms with E-state index in [1.165, 1.54) is 0 Å². The number of rotatable bonds is 1. The van der Waals surface area contributed by atoms with Gasteiger partial charge in [0.1, 0.15) is 11.4 Å². The molecule has 0 bridgehead atoms. The number of likely N-dealkylation sites (N-methyl/N-ethyl adjacent to an activating group) is 1. The average Bonchev–Trinajstić information content (AvgIpc) is 2.17. The van der Waals surface area contributed by atoms with E-state index < -0.39 is 5.60 Å². The third-order valence-corrected chi connectivity index (χ3v) is 3.07. The quantitative estimate of drug-likeness (QED) is 0.729. The van der Waals surface area contributed by atoms with Crippen molar-refractivity contribution in [3.63, 3.8) is 0 Å². The van der Waals surface area contributed by atoms with Gasteiger partial charge in [0.15, 0.2) is 0 Å². The van der Waals surface area contributed by atoms with Crippen LogP contribution in [0, 0.1) is 0 Å². The first-order chi connectivity index (χ1) is 7.12. The molecule has 1 fully saturated rings. The fourth-order valence-electron chi connectivity index (χ4n) is 2.33. The molecule has 1 aliphatic heterocycles. The molecular formula is C12H17NO2. The molecule has 0 spiro atoms. The highest BCUT2D eigenvalue weighted by Gasteiger charge is 2.35. The lowest BCUT2D eigenvalue weighted by Crippen LogP contribution is -2.44. The van der Waals surface area contributed by atoms with Crippen molar-refractivity contribution < 1.29 is 10.2 Å². The van der Waals surface area contributed by atoms with Crippen LogP contribution in [0.4, 0.5) is 0 Å². The summed E-state index contributed by atoms with van der Waals surface area (Å²) < 4.78 is 0. The van der Waals surface area contributed by atoms with Crippen LogP contribution in [0.25, 0.3) is 0 Å². The number of phenols is 1. The Kier molecular flexibility index (Phi) is 2.67. The van der Waals surface area contributed by atoms with Crippen LogP contribution < -0.4 is 0 Å². The molecule has 1 heterocycles. The number of hydrogen-bond acceptors (Lipinski definition) is 3. The van der Waals surface area contributed by atoms with Gasteiger partial charge in [-0.2, -0.15) is 0 Å². The summed E-state index contributed by atoms with van der Waals surface area (Å²) in [7, 11) is 1.99. The van der Waals surface area contributed by atoms with Gasteiger partial charge in [0.05, 0.1) is 0 Å². The average molecular weight is 207 g/mol. The van der Waals surface area contributed by atoms with Crippen molar-refractivity contribution in [2.24, 2.45) is 0 Å². The number of β-amino-alcohol motifs (C(OH)–C–C–N with tert-alkyl or cyclic N) is 1. The number of nitrogens with zero attached hydrogens (tertiary/aromatic N) is 1. The summed E-state index contributed by atoms with van der Waals surface area (Å²) in [6.45, 7) is 1.60. The van der Waals surface area contributed by atoms with E-state index in [9.17, 15) is 10.2 Å². The molecule has 3 heteroatoms. The number of aromatic hydroxyl groups is 1. The van der Waals surface area contributed by atoms with Gasteiger partial charge in [0, 0.05) is 12.1 Å². The molecular weight excluding hydrogens is 190 g/mol. The van der Waals surface area contributed by atoms with Crippen molar-refractivity contribution in [3.05, 3.63) is 29.8 Å². The molecule has 1 aromatic rings. The molecule has 1 aliphatic rings. The van der Waals surface area contributed by atoms with Crippen molar-refractivity contribution in [3.8, 4) is 5.75 Å². The molecule has 0 amide bonds. The van der Waals surface area contributed by atoms with Crippen LogP contribution in [-0.4, -0.2) is 35.3 Å². The van der Waals surface area contributed by atoms with Gasteiger partial charge in [0.25, 0.3) is 0 Å². The second-order valence-electron chi connectivity index (χ2n) is 4.39. The fraction of sp³-hybridized carbons (Fsp3) is 0.500. The molecule has 1 saturated heterocycles. The van der Waals surface area contributed by atoms with Crippen LogP contribution >= 0.6 is 0 Å². The summed E-state index contributed by atoms with van der Waals surface area (Å²) in [5.74, 6) is 0.190. The van der Waals surface area contributed by atoms with E-state index in [1.807, 2.05) is 13.1 Å². The molecule has 3 nitrogen and oxygen atoms in total. The zero-order chi connectivity index (χ0) is 10.9. The van der Waals surface area contributed by atoms with E-state index in [0.29, 0.717) is 12.1 Å². The molecule has 1 aromatic carbocycles. The first-order valence-electron chi connectivity index (χ1n) is 5.31. The molecule has 2 rings (SSSR count). The van der Waals surface area contributed by atoms with Crippen LogP contribution in [-0.2, 0) is 5.60 Å². The molecule has 0 aliphatic carbocycles. The van der Waals surface area contributed by atoms with Gasteiger partial charge in [-0.05, 0) is 32.5 Å². The highest BCUT2D eigenvalue weighted by Crippen LogP contribution is 2.35. The summed E-state index contributed by atoms with van der Waals surface area (Å²) >= 11 is 0. The molecule has 0 saturated carbocycles. The molecule has 2 N–H and O–H groups in total. The van der Waals surface area contributed by atoms with Gasteiger partial charge in [-0.25, -0.2) is 0 Å². The summed E-state index contributed by atoms with van der Waals surface area (Å²) in [5, 5.41) is 20.2. The van der Waals surface area contributed by atoms with Gasteiger partial charge in [-0.15, -0.1) is 0 Å². The number of para-hydroxylation sites is 1. The Morgan fingerprint density at radius 2 is 2.07 bits per heavy atom. The topological polar surface area (TPSA) is 43.7 Å². The van der Waals surface area contributed by atoms with Gasteiger partial charge < -0.3 is 15.1 Å². The lowest BCUT2D eigenvalue weighted by Gasteiger charge is -2.37. The minimum atomic E-state index is -0.891. The Morgan fingerprint density at radius 1 is 1.33 bits per heavy atom. The Morgan fingerprint density at radius 3 is 2.73 bits per heavy atom. The minimum absolute atomic E-state index is 0.190. The first kappa shape index (κ1) is 10.5. The standard InChI is InChI=1S/C12H17NO2/c1-13-8-4-7-12(15,9-13)10-5-2-3-6-11(10)14/h2-3,5-6,14-15H,4,7-9H2,1H3. The number of aliphatic hydroxyl groups is 1. The highest BCUT2D eigenvalue weighted by molar-refractivity contribution is 5.37. The normalized spacial score (nSPS) is 27.9. The summed E-state index contributed by atoms with van der Waals surface area (Å²) in [4.78, 5) is 2.09. The number of hydrogen-bond donors (Lipinski definition) is 2. The zero-order valence-corrected chi connectivity index (χ0v) is 8.98. The van der Waals surface area contributed by atoms with Gasteiger partial charge >= 0.3 is 0 Å². The summed E-state index contributed by atoms with van der Waals surface area (Å²) in [6, 6.07) is 7.05. The van der Waals surface area contributed by atoms with Crippen molar-refractivity contribution >= 4 is 0 Å². The van der Waals surface area contributed by atoms with Gasteiger partial charge in [0.2, 0.25) is 0 Å². The van der Waals surface area contributed by atoms with Crippen molar-refractivity contribution in [2.75, 3.05) is 20.1 Å². The third-order valence-electron chi connectivity index (χ3n) is 3.07. The lowest BCUT2D eigenvalue weighted by atomic mass is 9.85. The number of piperidine rings is 1. The zero-order valence-electron chi connectivity index (χ0n) is 8.98. The second-order valence-corrected chi connectivity index (χ2v) is 4.39. The summed E-state index contributed by atoms with van der Waals surface area (Å²) in [6.07, 6.45) is 1.68. The predicted molar refractivity (Wildman–Crippen MR) is 58.7 cm³/mol. The largest absolute Gasteiger partial charge is 0.508 e. The molecule has 82 valence electrons. The Bertz CT molecular complexity index is 353. The van der Waals surface area contributed by atoms with Crippen LogP contribution in [0.3, 0.4) is 0 Å². The number of likely N-dealkylation sites (tertiary alicyclic amines) is 1. The van der Waals surface area contributed by atoms with E-state index in [2.05, 4.69) is 4.90 Å². The molecule has 15 heavy (non-hydrogen) atoms.